The van der Waals surface area contributed by atoms with Gasteiger partial charge in [-0.25, -0.2) is 4.40 Å². The third-order valence-corrected chi connectivity index (χ3v) is 6.01. The van der Waals surface area contributed by atoms with Crippen molar-refractivity contribution < 1.29 is 9.47 Å². The quantitative estimate of drug-likeness (QED) is 0.470. The number of fused-ring (bicyclic) bond motifs is 1. The Hall–Kier alpha value is -2.84. The molecule has 6 nitrogen and oxygen atoms in total. The molecule has 0 unspecified atom stereocenters. The number of nitrogens with zero attached hydrogens (tertiary/aromatic N) is 3. The fraction of sp³-hybridized carbons (Fsp3) is 0.150. The lowest BCUT2D eigenvalue weighted by Gasteiger charge is -2.08. The minimum atomic E-state index is -0.135. The number of methoxy groups -OCH3 is 2. The summed E-state index contributed by atoms with van der Waals surface area (Å²) in [6.45, 7) is 0. The molecule has 2 heterocycles. The molecule has 0 amide bonds. The zero-order valence-corrected chi connectivity index (χ0v) is 17.1. The largest absolute Gasteiger partial charge is 0.493 e. The molecule has 28 heavy (non-hydrogen) atoms. The highest BCUT2D eigenvalue weighted by Crippen LogP contribution is 2.31. The summed E-state index contributed by atoms with van der Waals surface area (Å²) < 4.78 is 12.8. The lowest BCUT2D eigenvalue weighted by atomic mass is 10.2. The fourth-order valence-electron chi connectivity index (χ4n) is 2.88. The number of aromatic nitrogens is 3. The zero-order valence-electron chi connectivity index (χ0n) is 15.5. The van der Waals surface area contributed by atoms with Gasteiger partial charge in [0.15, 0.2) is 17.3 Å². The molecule has 8 heteroatoms. The summed E-state index contributed by atoms with van der Waals surface area (Å²) in [7, 11) is 3.15. The van der Waals surface area contributed by atoms with Crippen molar-refractivity contribution in [2.45, 2.75) is 4.90 Å². The lowest BCUT2D eigenvalue weighted by molar-refractivity contribution is 0.355. The third kappa shape index (κ3) is 3.25. The van der Waals surface area contributed by atoms with Gasteiger partial charge < -0.3 is 9.47 Å². The number of benzene rings is 2. The zero-order chi connectivity index (χ0) is 19.7. The number of ether oxygens (including phenoxy) is 2. The van der Waals surface area contributed by atoms with Gasteiger partial charge in [-0.2, -0.15) is 0 Å². The smallest absolute Gasteiger partial charge is 0.276 e. The predicted molar refractivity (Wildman–Crippen MR) is 113 cm³/mol. The van der Waals surface area contributed by atoms with Gasteiger partial charge in [0.1, 0.15) is 0 Å². The molecule has 0 N–H and O–H groups in total. The van der Waals surface area contributed by atoms with Crippen LogP contribution in [0.1, 0.15) is 5.56 Å². The van der Waals surface area contributed by atoms with E-state index < -0.39 is 0 Å². The van der Waals surface area contributed by atoms with E-state index in [-0.39, 0.29) is 5.56 Å². The van der Waals surface area contributed by atoms with Gasteiger partial charge in [-0.3, -0.25) is 4.79 Å². The average Bonchev–Trinajstić information content (AvgIpc) is 3.28. The van der Waals surface area contributed by atoms with Crippen LogP contribution in [0.25, 0.3) is 22.4 Å². The summed E-state index contributed by atoms with van der Waals surface area (Å²) >= 11 is 3.00. The molecule has 2 aromatic heterocycles. The Morgan fingerprint density at radius 3 is 2.46 bits per heavy atom. The van der Waals surface area contributed by atoms with Crippen LogP contribution >= 0.6 is 23.1 Å². The molecule has 0 aliphatic rings. The van der Waals surface area contributed by atoms with Gasteiger partial charge in [0, 0.05) is 10.5 Å². The molecular formula is C20H17N3O3S2. The highest BCUT2D eigenvalue weighted by atomic mass is 32.2. The van der Waals surface area contributed by atoms with Crippen molar-refractivity contribution in [3.63, 3.8) is 0 Å². The summed E-state index contributed by atoms with van der Waals surface area (Å²) in [6.07, 6.45) is 3.91. The molecule has 0 aliphatic carbocycles. The van der Waals surface area contributed by atoms with Crippen LogP contribution in [-0.2, 0) is 0 Å². The Morgan fingerprint density at radius 1 is 1.04 bits per heavy atom. The summed E-state index contributed by atoms with van der Waals surface area (Å²) in [5.74, 6) is 1.66. The number of rotatable bonds is 5. The third-order valence-electron chi connectivity index (χ3n) is 4.30. The summed E-state index contributed by atoms with van der Waals surface area (Å²) in [6, 6.07) is 13.5. The average molecular weight is 412 g/mol. The van der Waals surface area contributed by atoms with E-state index in [9.17, 15) is 4.79 Å². The summed E-state index contributed by atoms with van der Waals surface area (Å²) in [4.78, 5) is 14.7. The minimum Gasteiger partial charge on any atom is -0.493 e. The first-order valence-electron chi connectivity index (χ1n) is 8.40. The molecule has 0 saturated heterocycles. The topological polar surface area (TPSA) is 65.7 Å². The van der Waals surface area contributed by atoms with Crippen molar-refractivity contribution >= 4 is 34.1 Å². The highest BCUT2D eigenvalue weighted by molar-refractivity contribution is 7.98. The Balaban J connectivity index is 1.83. The maximum absolute atomic E-state index is 13.0. The molecule has 2 aromatic carbocycles. The Labute approximate surface area is 169 Å². The molecule has 0 saturated carbocycles. The van der Waals surface area contributed by atoms with Crippen LogP contribution in [0.15, 0.2) is 52.2 Å². The van der Waals surface area contributed by atoms with E-state index >= 15 is 0 Å². The number of thiazole rings is 1. The van der Waals surface area contributed by atoms with Gasteiger partial charge in [-0.1, -0.05) is 23.5 Å². The SMILES string of the molecule is COc1ccc(-c2nnc3s/c(=C\c4ccc(SC)cc4)c(=O)n23)cc1OC. The predicted octanol–water partition coefficient (Wildman–Crippen LogP) is 3.10. The molecule has 0 aliphatic heterocycles. The van der Waals surface area contributed by atoms with Crippen LogP contribution in [-0.4, -0.2) is 35.1 Å². The lowest BCUT2D eigenvalue weighted by Crippen LogP contribution is -2.23. The summed E-state index contributed by atoms with van der Waals surface area (Å²) in [5, 5.41) is 8.38. The second-order valence-electron chi connectivity index (χ2n) is 5.90. The molecule has 142 valence electrons. The van der Waals surface area contributed by atoms with Crippen molar-refractivity contribution in [3.8, 4) is 22.9 Å². The number of thioether (sulfide) groups is 1. The molecule has 0 spiro atoms. The first-order valence-corrected chi connectivity index (χ1v) is 10.4. The van der Waals surface area contributed by atoms with E-state index in [0.29, 0.717) is 26.8 Å². The second-order valence-corrected chi connectivity index (χ2v) is 7.79. The Bertz CT molecular complexity index is 1250. The van der Waals surface area contributed by atoms with E-state index in [1.165, 1.54) is 20.6 Å². The van der Waals surface area contributed by atoms with E-state index in [0.717, 1.165) is 11.1 Å². The van der Waals surface area contributed by atoms with Crippen molar-refractivity contribution in [2.75, 3.05) is 20.5 Å². The van der Waals surface area contributed by atoms with E-state index in [1.807, 2.05) is 42.7 Å². The van der Waals surface area contributed by atoms with Gasteiger partial charge in [0.05, 0.1) is 18.8 Å². The van der Waals surface area contributed by atoms with Crippen LogP contribution < -0.4 is 19.6 Å². The molecule has 0 radical (unpaired) electrons. The fourth-order valence-corrected chi connectivity index (χ4v) is 4.20. The van der Waals surface area contributed by atoms with Gasteiger partial charge in [-0.05, 0) is 48.2 Å². The van der Waals surface area contributed by atoms with Crippen molar-refractivity contribution in [1.82, 2.24) is 14.6 Å². The number of hydrogen-bond donors (Lipinski definition) is 0. The first-order chi connectivity index (χ1) is 13.6. The van der Waals surface area contributed by atoms with Crippen LogP contribution in [0.4, 0.5) is 0 Å². The maximum atomic E-state index is 13.0. The molecule has 0 bridgehead atoms. The summed E-state index contributed by atoms with van der Waals surface area (Å²) in [5.41, 5.74) is 1.57. The van der Waals surface area contributed by atoms with E-state index in [1.54, 1.807) is 38.1 Å². The molecule has 0 atom stereocenters. The van der Waals surface area contributed by atoms with Gasteiger partial charge in [0.25, 0.3) is 5.56 Å². The molecule has 4 aromatic rings. The van der Waals surface area contributed by atoms with Crippen LogP contribution in [0, 0.1) is 0 Å². The first kappa shape index (κ1) is 18.5. The van der Waals surface area contributed by atoms with E-state index in [2.05, 4.69) is 10.2 Å². The van der Waals surface area contributed by atoms with Crippen LogP contribution in [0.3, 0.4) is 0 Å². The molecular weight excluding hydrogens is 394 g/mol. The van der Waals surface area contributed by atoms with Gasteiger partial charge >= 0.3 is 0 Å². The molecule has 0 fully saturated rings. The van der Waals surface area contributed by atoms with Crippen LogP contribution in [0.2, 0.25) is 0 Å². The monoisotopic (exact) mass is 411 g/mol. The van der Waals surface area contributed by atoms with Crippen molar-refractivity contribution in [2.24, 2.45) is 0 Å². The van der Waals surface area contributed by atoms with E-state index in [4.69, 9.17) is 9.47 Å². The van der Waals surface area contributed by atoms with Gasteiger partial charge in [0.2, 0.25) is 4.96 Å². The molecule has 4 rings (SSSR count). The minimum absolute atomic E-state index is 0.135. The normalized spacial score (nSPS) is 11.9. The van der Waals surface area contributed by atoms with Crippen LogP contribution in [0.5, 0.6) is 11.5 Å². The number of hydrogen-bond acceptors (Lipinski definition) is 7. The van der Waals surface area contributed by atoms with Crippen molar-refractivity contribution in [1.29, 1.82) is 0 Å². The highest BCUT2D eigenvalue weighted by Gasteiger charge is 2.16. The second kappa shape index (κ2) is 7.65. The van der Waals surface area contributed by atoms with Crippen molar-refractivity contribution in [3.05, 3.63) is 62.9 Å². The van der Waals surface area contributed by atoms with Gasteiger partial charge in [-0.15, -0.1) is 22.0 Å². The Morgan fingerprint density at radius 2 is 1.79 bits per heavy atom. The maximum Gasteiger partial charge on any atom is 0.276 e. The Kier molecular flexibility index (Phi) is 5.06. The standard InChI is InChI=1S/C20H17N3O3S2/c1-25-15-9-6-13(11-16(15)26-2)18-21-22-20-23(18)19(24)17(28-20)10-12-4-7-14(27-3)8-5-12/h4-11H,1-3H3/b17-10-.